The van der Waals surface area contributed by atoms with E-state index in [0.29, 0.717) is 0 Å². The fourth-order valence-electron chi connectivity index (χ4n) is 9.21. The summed E-state index contributed by atoms with van der Waals surface area (Å²) < 4.78 is 0. The molecule has 0 saturated heterocycles. The fourth-order valence-corrected chi connectivity index (χ4v) is 9.21. The molecule has 13 nitrogen and oxygen atoms in total. The Morgan fingerprint density at radius 1 is 0.188 bits per heavy atom. The monoisotopic (exact) mass is 1510 g/mol. The quantitative estimate of drug-likeness (QED) is 0.132. The summed E-state index contributed by atoms with van der Waals surface area (Å²) in [6, 6.07) is 58.7. The Hall–Kier alpha value is -11.3. The molecule has 0 bridgehead atoms. The summed E-state index contributed by atoms with van der Waals surface area (Å²) in [6.07, 6.45) is 25.2. The second kappa shape index (κ2) is 71.3. The van der Waals surface area contributed by atoms with Crippen molar-refractivity contribution in [1.82, 2.24) is 64.8 Å². The Kier molecular flexibility index (Phi) is 68.1. The minimum atomic E-state index is 0.822. The van der Waals surface area contributed by atoms with Gasteiger partial charge in [0.25, 0.3) is 0 Å². The van der Waals surface area contributed by atoms with Gasteiger partial charge in [0.15, 0.2) is 0 Å². The van der Waals surface area contributed by atoms with Crippen LogP contribution in [0.3, 0.4) is 0 Å². The number of hydrogen-bond acceptors (Lipinski definition) is 13. The molecule has 0 unspecified atom stereocenters. The molecule has 0 aliphatic carbocycles. The number of pyridine rings is 11. The van der Waals surface area contributed by atoms with E-state index in [1.807, 2.05) is 335 Å². The van der Waals surface area contributed by atoms with E-state index in [4.69, 9.17) is 0 Å². The number of benzene rings is 4. The summed E-state index contributed by atoms with van der Waals surface area (Å²) in [7, 11) is 0. The van der Waals surface area contributed by atoms with Gasteiger partial charge in [-0.25, -0.2) is 9.97 Å². The van der Waals surface area contributed by atoms with E-state index >= 15 is 0 Å². The summed E-state index contributed by atoms with van der Waals surface area (Å²) in [6.45, 7) is 64.2. The van der Waals surface area contributed by atoms with E-state index in [-0.39, 0.29) is 0 Å². The van der Waals surface area contributed by atoms with Crippen molar-refractivity contribution >= 4 is 87.2 Å². The molecule has 600 valence electrons. The summed E-state index contributed by atoms with van der Waals surface area (Å²) in [4.78, 5) is 54.8. The Bertz CT molecular complexity index is 4630. The van der Waals surface area contributed by atoms with Crippen molar-refractivity contribution in [3.63, 3.8) is 0 Å². The van der Waals surface area contributed by atoms with Crippen molar-refractivity contribution in [2.45, 2.75) is 222 Å². The average molecular weight is 1510 g/mol. The van der Waals surface area contributed by atoms with E-state index in [1.54, 1.807) is 43.2 Å². The maximum Gasteiger partial charge on any atom is 0.125 e. The predicted octanol–water partition coefficient (Wildman–Crippen LogP) is 29.6. The molecule has 16 aromatic rings. The SMILES string of the molecule is CC.CC.CC.CC.CC.CC.CC.CC.CC.CC.CC.CC.Cc1cc2cccnc2c2ncccc12.Cc1ccc2ccc3cccnc3c2n1.Cc1ccccn1.Cc1cccnc1.Cc1ccnc2c1ccc1cccnc12.Cc1ccncc1.Cc1cnc2c(ccc3cccnc32)c1.Cc1ncccn1. The molecule has 4 aromatic carbocycles. The molecule has 0 atom stereocenters. The highest BCUT2D eigenvalue weighted by atomic mass is 14.8. The van der Waals surface area contributed by atoms with Crippen LogP contribution in [-0.4, -0.2) is 64.8 Å². The first kappa shape index (κ1) is 107. The zero-order valence-corrected chi connectivity index (χ0v) is 74.6. The molecule has 112 heavy (non-hydrogen) atoms. The van der Waals surface area contributed by atoms with Gasteiger partial charge in [0.1, 0.15) is 5.82 Å². The number of fused-ring (bicyclic) bond motifs is 12. The first-order valence-corrected chi connectivity index (χ1v) is 40.7. The standard InChI is InChI=1S/4C13H10N2.3C6H7N.C5H6N2.12C2H6/c1-9-8-10-4-2-6-14-12(10)13-11(9)5-3-7-15-13;1-9-4-5-11-7-6-10-3-2-8-14-12(10)13(11)15-9;1-9-6-8-15-13-11(9)5-4-10-3-2-7-14-12(10)13;1-9-7-11-5-4-10-3-2-6-14-12(10)13(11)15-8-9;1-6-2-4-7-5-3-6;1-6-3-2-4-7-5-6;1-6-4-2-3-5-7-6;1-5-6-3-2-4-7-5;12*1-2/h4*2-8H,1H3;3*2-5H,1H3;2-4H,1H3;12*1-2H3. The number of nitrogens with zero attached hydrogens (tertiary/aromatic N) is 13. The van der Waals surface area contributed by atoms with Gasteiger partial charge < -0.3 is 0 Å². The van der Waals surface area contributed by atoms with Crippen LogP contribution >= 0.6 is 0 Å². The zero-order chi connectivity index (χ0) is 85.5. The van der Waals surface area contributed by atoms with Gasteiger partial charge in [-0.15, -0.1) is 0 Å². The van der Waals surface area contributed by atoms with E-state index in [0.717, 1.165) is 93.7 Å². The third kappa shape index (κ3) is 39.4. The number of aromatic nitrogens is 13. The summed E-state index contributed by atoms with van der Waals surface area (Å²) in [5.74, 6) is 0.822. The van der Waals surface area contributed by atoms with Crippen LogP contribution in [0.1, 0.15) is 211 Å². The number of rotatable bonds is 0. The van der Waals surface area contributed by atoms with Gasteiger partial charge in [-0.2, -0.15) is 0 Å². The molecule has 0 radical (unpaired) electrons. The van der Waals surface area contributed by atoms with Crippen LogP contribution in [0.4, 0.5) is 0 Å². The van der Waals surface area contributed by atoms with Crippen molar-refractivity contribution in [3.8, 4) is 0 Å². The maximum atomic E-state index is 4.54. The molecule has 12 heterocycles. The van der Waals surface area contributed by atoms with Crippen LogP contribution in [0.2, 0.25) is 0 Å². The van der Waals surface area contributed by atoms with Crippen molar-refractivity contribution in [2.24, 2.45) is 0 Å². The minimum Gasteiger partial charge on any atom is -0.265 e. The molecule has 0 aliphatic rings. The maximum absolute atomic E-state index is 4.54. The summed E-state index contributed by atoms with van der Waals surface area (Å²) >= 11 is 0. The Morgan fingerprint density at radius 2 is 0.562 bits per heavy atom. The minimum absolute atomic E-state index is 0.822. The van der Waals surface area contributed by atoms with Gasteiger partial charge in [-0.1, -0.05) is 251 Å². The molecule has 0 spiro atoms. The van der Waals surface area contributed by atoms with Gasteiger partial charge >= 0.3 is 0 Å². The van der Waals surface area contributed by atoms with Gasteiger partial charge in [-0.05, 0) is 174 Å². The number of aryl methyl sites for hydroxylation is 8. The van der Waals surface area contributed by atoms with Crippen LogP contribution in [0, 0.1) is 55.4 Å². The normalized spacial score (nSPS) is 8.71. The van der Waals surface area contributed by atoms with Crippen LogP contribution in [0.15, 0.2) is 263 Å². The predicted molar refractivity (Wildman–Crippen MR) is 497 cm³/mol. The summed E-state index contributed by atoms with van der Waals surface area (Å²) in [5.41, 5.74) is 16.1. The van der Waals surface area contributed by atoms with E-state index in [2.05, 4.69) is 170 Å². The highest BCUT2D eigenvalue weighted by Crippen LogP contribution is 2.27. The lowest BCUT2D eigenvalue weighted by Gasteiger charge is -2.04. The van der Waals surface area contributed by atoms with E-state index < -0.39 is 0 Å². The summed E-state index contributed by atoms with van der Waals surface area (Å²) in [5, 5.41) is 9.24. The van der Waals surface area contributed by atoms with Crippen LogP contribution < -0.4 is 0 Å². The van der Waals surface area contributed by atoms with E-state index in [1.165, 1.54) is 38.6 Å². The molecule has 13 heteroatoms. The highest BCUT2D eigenvalue weighted by Gasteiger charge is 2.07. The average Bonchev–Trinajstić information content (AvgIpc) is 0.801. The van der Waals surface area contributed by atoms with Crippen LogP contribution in [0.5, 0.6) is 0 Å². The van der Waals surface area contributed by atoms with Gasteiger partial charge in [-0.3, -0.25) is 54.8 Å². The van der Waals surface area contributed by atoms with Gasteiger partial charge in [0.2, 0.25) is 0 Å². The van der Waals surface area contributed by atoms with Crippen LogP contribution in [0.25, 0.3) is 87.2 Å². The van der Waals surface area contributed by atoms with Crippen molar-refractivity contribution in [3.05, 3.63) is 308 Å². The van der Waals surface area contributed by atoms with Gasteiger partial charge in [0.05, 0.1) is 44.1 Å². The molecule has 0 amide bonds. The van der Waals surface area contributed by atoms with Gasteiger partial charge in [0, 0.05) is 141 Å². The fraction of sp³-hybridized carbons (Fsp3) is 0.323. The molecule has 0 N–H and O–H groups in total. The first-order chi connectivity index (χ1) is 55.0. The molecular weight excluding hydrogens is 1370 g/mol. The molecule has 0 fully saturated rings. The Labute approximate surface area is 677 Å². The first-order valence-electron chi connectivity index (χ1n) is 40.7. The van der Waals surface area contributed by atoms with Crippen molar-refractivity contribution < 1.29 is 0 Å². The third-order valence-electron chi connectivity index (χ3n) is 13.7. The smallest absolute Gasteiger partial charge is 0.125 e. The Morgan fingerprint density at radius 3 is 0.982 bits per heavy atom. The third-order valence-corrected chi connectivity index (χ3v) is 13.7. The van der Waals surface area contributed by atoms with Crippen molar-refractivity contribution in [1.29, 1.82) is 0 Å². The largest absolute Gasteiger partial charge is 0.265 e. The molecule has 0 aliphatic heterocycles. The lowest BCUT2D eigenvalue weighted by molar-refractivity contribution is 1.05. The second-order valence-electron chi connectivity index (χ2n) is 20.5. The van der Waals surface area contributed by atoms with E-state index in [9.17, 15) is 0 Å². The lowest BCUT2D eigenvalue weighted by Crippen LogP contribution is -1.86. The highest BCUT2D eigenvalue weighted by molar-refractivity contribution is 6.06. The number of hydrogen-bond donors (Lipinski definition) is 0. The van der Waals surface area contributed by atoms with Crippen molar-refractivity contribution in [2.75, 3.05) is 0 Å². The second-order valence-corrected chi connectivity index (χ2v) is 20.5. The Balaban J connectivity index is -0.000000581. The van der Waals surface area contributed by atoms with Crippen LogP contribution in [-0.2, 0) is 0 Å². The lowest BCUT2D eigenvalue weighted by atomic mass is 10.1. The molecular formula is C99H139N13. The molecule has 12 aromatic heterocycles. The molecule has 16 rings (SSSR count). The molecule has 0 saturated carbocycles. The zero-order valence-electron chi connectivity index (χ0n) is 74.6. The topological polar surface area (TPSA) is 168 Å².